The zero-order valence-electron chi connectivity index (χ0n) is 8.14. The van der Waals surface area contributed by atoms with E-state index in [0.717, 1.165) is 5.69 Å². The number of anilines is 1. The molecule has 1 amide bonds. The molecule has 0 unspecified atom stereocenters. The first kappa shape index (κ1) is 9.35. The molecule has 0 fully saturated rings. The number of aromatic amines is 1. The zero-order valence-corrected chi connectivity index (χ0v) is 8.90. The van der Waals surface area contributed by atoms with Crippen LogP contribution in [-0.4, -0.2) is 21.1 Å². The maximum absolute atomic E-state index is 12.0. The summed E-state index contributed by atoms with van der Waals surface area (Å²) in [6.07, 6.45) is 3.27. The highest BCUT2D eigenvalue weighted by Gasteiger charge is 2.30. The number of halogens is 1. The van der Waals surface area contributed by atoms with Crippen molar-refractivity contribution in [3.05, 3.63) is 40.9 Å². The molecule has 1 aliphatic heterocycles. The van der Waals surface area contributed by atoms with Crippen LogP contribution in [0, 0.1) is 0 Å². The molecule has 16 heavy (non-hydrogen) atoms. The predicted octanol–water partition coefficient (Wildman–Crippen LogP) is 1.62. The second-order valence-corrected chi connectivity index (χ2v) is 3.86. The van der Waals surface area contributed by atoms with E-state index in [9.17, 15) is 4.79 Å². The van der Waals surface area contributed by atoms with E-state index in [1.807, 2.05) is 0 Å². The minimum absolute atomic E-state index is 0.0689. The first-order chi connectivity index (χ1) is 7.75. The summed E-state index contributed by atoms with van der Waals surface area (Å²) in [5.74, 6) is -0.0689. The van der Waals surface area contributed by atoms with Gasteiger partial charge in [0.2, 0.25) is 0 Å². The van der Waals surface area contributed by atoms with Crippen LogP contribution in [0.4, 0.5) is 5.69 Å². The van der Waals surface area contributed by atoms with Crippen LogP contribution < -0.4 is 4.90 Å². The van der Waals surface area contributed by atoms with Crippen LogP contribution in [0.2, 0.25) is 5.15 Å². The highest BCUT2D eigenvalue weighted by molar-refractivity contribution is 6.29. The summed E-state index contributed by atoms with van der Waals surface area (Å²) >= 11 is 5.78. The van der Waals surface area contributed by atoms with Gasteiger partial charge in [-0.1, -0.05) is 11.6 Å². The number of H-pyrrole nitrogens is 1. The van der Waals surface area contributed by atoms with Crippen molar-refractivity contribution in [2.75, 3.05) is 4.90 Å². The smallest absolute Gasteiger partial charge is 0.260 e. The maximum atomic E-state index is 12.0. The van der Waals surface area contributed by atoms with Crippen LogP contribution in [0.25, 0.3) is 0 Å². The molecule has 80 valence electrons. The second-order valence-electron chi connectivity index (χ2n) is 3.48. The number of carbonyl (C=O) groups is 1. The number of pyridine rings is 1. The largest absolute Gasteiger partial charge is 0.299 e. The van der Waals surface area contributed by atoms with Crippen molar-refractivity contribution in [3.8, 4) is 0 Å². The van der Waals surface area contributed by atoms with E-state index < -0.39 is 0 Å². The van der Waals surface area contributed by atoms with Gasteiger partial charge in [0.05, 0.1) is 29.7 Å². The van der Waals surface area contributed by atoms with Crippen LogP contribution in [-0.2, 0) is 6.54 Å². The summed E-state index contributed by atoms with van der Waals surface area (Å²) in [4.78, 5) is 17.8. The molecule has 1 aliphatic rings. The molecule has 0 aliphatic carbocycles. The summed E-state index contributed by atoms with van der Waals surface area (Å²) in [5.41, 5.74) is 2.04. The molecule has 0 aromatic carbocycles. The third-order valence-electron chi connectivity index (χ3n) is 2.52. The fourth-order valence-electron chi connectivity index (χ4n) is 1.76. The van der Waals surface area contributed by atoms with Crippen molar-refractivity contribution in [2.45, 2.75) is 6.54 Å². The molecule has 0 radical (unpaired) electrons. The van der Waals surface area contributed by atoms with Crippen LogP contribution in [0.1, 0.15) is 16.1 Å². The molecular formula is C10H7ClN4O. The summed E-state index contributed by atoms with van der Waals surface area (Å²) < 4.78 is 0. The maximum Gasteiger partial charge on any atom is 0.260 e. The molecule has 0 spiro atoms. The average Bonchev–Trinajstić information content (AvgIpc) is 2.86. The number of nitrogens with zero attached hydrogens (tertiary/aromatic N) is 3. The minimum Gasteiger partial charge on any atom is -0.299 e. The van der Waals surface area contributed by atoms with Gasteiger partial charge in [0.25, 0.3) is 5.91 Å². The Morgan fingerprint density at radius 2 is 2.31 bits per heavy atom. The zero-order chi connectivity index (χ0) is 11.1. The van der Waals surface area contributed by atoms with E-state index in [1.54, 1.807) is 29.4 Å². The van der Waals surface area contributed by atoms with Crippen molar-refractivity contribution in [2.24, 2.45) is 0 Å². The van der Waals surface area contributed by atoms with Gasteiger partial charge in [-0.2, -0.15) is 5.10 Å². The number of rotatable bonds is 1. The normalized spacial score (nSPS) is 14.3. The predicted molar refractivity (Wildman–Crippen MR) is 58.3 cm³/mol. The lowest BCUT2D eigenvalue weighted by Crippen LogP contribution is -2.22. The van der Waals surface area contributed by atoms with E-state index in [0.29, 0.717) is 23.0 Å². The fraction of sp³-hybridized carbons (Fsp3) is 0.100. The molecule has 0 atom stereocenters. The number of carbonyl (C=O) groups excluding carboxylic acids is 1. The van der Waals surface area contributed by atoms with E-state index in [1.165, 1.54) is 0 Å². The second kappa shape index (κ2) is 3.31. The number of aromatic nitrogens is 3. The molecule has 0 saturated heterocycles. The molecule has 0 bridgehead atoms. The lowest BCUT2D eigenvalue weighted by molar-refractivity contribution is 0.0996. The van der Waals surface area contributed by atoms with Gasteiger partial charge < -0.3 is 0 Å². The summed E-state index contributed by atoms with van der Waals surface area (Å²) in [5, 5.41) is 6.89. The fourth-order valence-corrected chi connectivity index (χ4v) is 1.92. The lowest BCUT2D eigenvalue weighted by Gasteiger charge is -2.11. The van der Waals surface area contributed by atoms with Crippen molar-refractivity contribution in [1.29, 1.82) is 0 Å². The Hall–Kier alpha value is -1.88. The number of hydrogen-bond acceptors (Lipinski definition) is 3. The Kier molecular flexibility index (Phi) is 1.94. The van der Waals surface area contributed by atoms with Gasteiger partial charge in [-0.15, -0.1) is 0 Å². The van der Waals surface area contributed by atoms with Gasteiger partial charge in [0, 0.05) is 6.20 Å². The van der Waals surface area contributed by atoms with Gasteiger partial charge in [-0.3, -0.25) is 14.8 Å². The Morgan fingerprint density at radius 1 is 1.44 bits per heavy atom. The third-order valence-corrected chi connectivity index (χ3v) is 2.73. The minimum atomic E-state index is -0.0689. The van der Waals surface area contributed by atoms with Gasteiger partial charge >= 0.3 is 0 Å². The van der Waals surface area contributed by atoms with E-state index in [2.05, 4.69) is 15.2 Å². The molecule has 2 aromatic rings. The van der Waals surface area contributed by atoms with Crippen molar-refractivity contribution >= 4 is 23.2 Å². The molecule has 1 N–H and O–H groups in total. The first-order valence-corrected chi connectivity index (χ1v) is 5.09. The Bertz CT molecular complexity index is 552. The summed E-state index contributed by atoms with van der Waals surface area (Å²) in [6.45, 7) is 0.439. The highest BCUT2D eigenvalue weighted by atomic mass is 35.5. The Balaban J connectivity index is 2.04. The topological polar surface area (TPSA) is 61.9 Å². The van der Waals surface area contributed by atoms with Gasteiger partial charge in [0.1, 0.15) is 5.15 Å². The standard InChI is InChI=1S/C10H7ClN4O/c11-9-2-1-7-8(14-9)5-15(10(7)16)6-3-12-13-4-6/h1-4H,5H2,(H,12,13). The molecule has 3 heterocycles. The van der Waals surface area contributed by atoms with Crippen LogP contribution in [0.3, 0.4) is 0 Å². The Labute approximate surface area is 96.1 Å². The van der Waals surface area contributed by atoms with E-state index >= 15 is 0 Å². The number of fused-ring (bicyclic) bond motifs is 1. The summed E-state index contributed by atoms with van der Waals surface area (Å²) in [7, 11) is 0. The molecule has 6 heteroatoms. The summed E-state index contributed by atoms with van der Waals surface area (Å²) in [6, 6.07) is 3.32. The Morgan fingerprint density at radius 3 is 3.06 bits per heavy atom. The monoisotopic (exact) mass is 234 g/mol. The van der Waals surface area contributed by atoms with Crippen molar-refractivity contribution < 1.29 is 4.79 Å². The average molecular weight is 235 g/mol. The lowest BCUT2D eigenvalue weighted by atomic mass is 10.2. The highest BCUT2D eigenvalue weighted by Crippen LogP contribution is 2.27. The van der Waals surface area contributed by atoms with Crippen molar-refractivity contribution in [3.63, 3.8) is 0 Å². The molecule has 0 saturated carbocycles. The quantitative estimate of drug-likeness (QED) is 0.763. The van der Waals surface area contributed by atoms with Gasteiger partial charge in [-0.05, 0) is 12.1 Å². The molecule has 5 nitrogen and oxygen atoms in total. The van der Waals surface area contributed by atoms with Crippen LogP contribution in [0.15, 0.2) is 24.5 Å². The van der Waals surface area contributed by atoms with Gasteiger partial charge in [-0.25, -0.2) is 4.98 Å². The SMILES string of the molecule is O=C1c2ccc(Cl)nc2CN1c1cn[nH]c1. The number of hydrogen-bond donors (Lipinski definition) is 1. The molecular weight excluding hydrogens is 228 g/mol. The van der Waals surface area contributed by atoms with Crippen molar-refractivity contribution in [1.82, 2.24) is 15.2 Å². The van der Waals surface area contributed by atoms with E-state index in [-0.39, 0.29) is 5.91 Å². The van der Waals surface area contributed by atoms with Gasteiger partial charge in [0.15, 0.2) is 0 Å². The van der Waals surface area contributed by atoms with Crippen LogP contribution >= 0.6 is 11.6 Å². The molecule has 3 rings (SSSR count). The third kappa shape index (κ3) is 1.29. The first-order valence-electron chi connectivity index (χ1n) is 4.72. The number of nitrogens with one attached hydrogen (secondary N) is 1. The van der Waals surface area contributed by atoms with Crippen LogP contribution in [0.5, 0.6) is 0 Å². The molecule has 2 aromatic heterocycles. The number of amides is 1. The van der Waals surface area contributed by atoms with E-state index in [4.69, 9.17) is 11.6 Å².